The van der Waals surface area contributed by atoms with Crippen molar-refractivity contribution in [2.45, 2.75) is 13.6 Å². The Morgan fingerprint density at radius 2 is 2.30 bits per heavy atom. The van der Waals surface area contributed by atoms with Crippen molar-refractivity contribution in [2.75, 3.05) is 5.73 Å². The molecule has 54 valence electrons. The molecule has 3 nitrogen and oxygen atoms in total. The molecule has 0 bridgehead atoms. The van der Waals surface area contributed by atoms with Gasteiger partial charge in [-0.3, -0.25) is 0 Å². The molecule has 0 aliphatic carbocycles. The second-order valence-corrected chi connectivity index (χ2v) is 2.04. The van der Waals surface area contributed by atoms with Gasteiger partial charge in [0.2, 0.25) is 0 Å². The number of nitrogen functional groups attached to an aromatic ring is 1. The Balaban J connectivity index is 3.04. The molecule has 2 N–H and O–H groups in total. The van der Waals surface area contributed by atoms with Crippen molar-refractivity contribution >= 4 is 5.82 Å². The smallest absolute Gasteiger partial charge is 0.149 e. The summed E-state index contributed by atoms with van der Waals surface area (Å²) in [6, 6.07) is 1.59. The fourth-order valence-electron chi connectivity index (χ4n) is 0.615. The van der Waals surface area contributed by atoms with Gasteiger partial charge in [-0.2, -0.15) is 5.10 Å². The summed E-state index contributed by atoms with van der Waals surface area (Å²) in [5, 5.41) is 7.04. The van der Waals surface area contributed by atoms with Crippen molar-refractivity contribution in [2.24, 2.45) is 0 Å². The minimum atomic E-state index is -0.589. The highest BCUT2D eigenvalue weighted by Crippen LogP contribution is 2.06. The highest BCUT2D eigenvalue weighted by molar-refractivity contribution is 5.36. The van der Waals surface area contributed by atoms with Crippen LogP contribution in [0.25, 0.3) is 0 Å². The Morgan fingerprint density at radius 1 is 1.60 bits per heavy atom. The molecular formula is C6H8FN3. The first-order valence-corrected chi connectivity index (χ1v) is 2.88. The maximum absolute atomic E-state index is 11.9. The molecule has 0 fully saturated rings. The SMILES string of the molecule is Cc1cc(CF)nnc1N. The third-order valence-corrected chi connectivity index (χ3v) is 1.21. The Morgan fingerprint density at radius 3 is 2.80 bits per heavy atom. The predicted octanol–water partition coefficient (Wildman–Crippen LogP) is 0.837. The Bertz CT molecular complexity index is 236. The lowest BCUT2D eigenvalue weighted by Gasteiger charge is -1.97. The van der Waals surface area contributed by atoms with Crippen molar-refractivity contribution in [1.29, 1.82) is 0 Å². The molecule has 1 aromatic heterocycles. The number of nitrogens with two attached hydrogens (primary N) is 1. The molecule has 0 aliphatic heterocycles. The van der Waals surface area contributed by atoms with E-state index < -0.39 is 6.67 Å². The largest absolute Gasteiger partial charge is 0.382 e. The number of anilines is 1. The van der Waals surface area contributed by atoms with Crippen molar-refractivity contribution in [3.8, 4) is 0 Å². The molecule has 0 amide bonds. The fourth-order valence-corrected chi connectivity index (χ4v) is 0.615. The summed E-state index contributed by atoms with van der Waals surface area (Å²) in [7, 11) is 0. The summed E-state index contributed by atoms with van der Waals surface area (Å²) in [6.07, 6.45) is 0. The van der Waals surface area contributed by atoms with E-state index in [1.54, 1.807) is 13.0 Å². The molecule has 1 aromatic rings. The Labute approximate surface area is 58.1 Å². The monoisotopic (exact) mass is 141 g/mol. The van der Waals surface area contributed by atoms with Crippen LogP contribution >= 0.6 is 0 Å². The second-order valence-electron chi connectivity index (χ2n) is 2.04. The maximum Gasteiger partial charge on any atom is 0.149 e. The summed E-state index contributed by atoms with van der Waals surface area (Å²) in [4.78, 5) is 0. The Hall–Kier alpha value is -1.19. The lowest BCUT2D eigenvalue weighted by Crippen LogP contribution is -1.98. The molecule has 0 radical (unpaired) electrons. The van der Waals surface area contributed by atoms with Crippen molar-refractivity contribution in [3.63, 3.8) is 0 Å². The van der Waals surface area contributed by atoms with Gasteiger partial charge in [0.1, 0.15) is 12.5 Å². The quantitative estimate of drug-likeness (QED) is 0.630. The molecule has 10 heavy (non-hydrogen) atoms. The van der Waals surface area contributed by atoms with Crippen LogP contribution in [0, 0.1) is 6.92 Å². The van der Waals surface area contributed by atoms with E-state index in [1.807, 2.05) is 0 Å². The molecule has 4 heteroatoms. The van der Waals surface area contributed by atoms with E-state index in [-0.39, 0.29) is 0 Å². The van der Waals surface area contributed by atoms with Gasteiger partial charge in [-0.25, -0.2) is 4.39 Å². The normalized spacial score (nSPS) is 9.80. The van der Waals surface area contributed by atoms with E-state index in [0.29, 0.717) is 11.5 Å². The van der Waals surface area contributed by atoms with Gasteiger partial charge in [0.25, 0.3) is 0 Å². The first-order valence-electron chi connectivity index (χ1n) is 2.88. The number of hydrogen-bond donors (Lipinski definition) is 1. The molecule has 0 saturated carbocycles. The van der Waals surface area contributed by atoms with Gasteiger partial charge in [-0.05, 0) is 18.6 Å². The standard InChI is InChI=1S/C6H8FN3/c1-4-2-5(3-7)9-10-6(4)8/h2H,3H2,1H3,(H2,8,10). The second kappa shape index (κ2) is 2.60. The van der Waals surface area contributed by atoms with Gasteiger partial charge in [-0.15, -0.1) is 5.10 Å². The highest BCUT2D eigenvalue weighted by atomic mass is 19.1. The fraction of sp³-hybridized carbons (Fsp3) is 0.333. The zero-order valence-electron chi connectivity index (χ0n) is 5.63. The number of hydrogen-bond acceptors (Lipinski definition) is 3. The van der Waals surface area contributed by atoms with E-state index >= 15 is 0 Å². The van der Waals surface area contributed by atoms with Crippen LogP contribution in [-0.2, 0) is 6.67 Å². The third kappa shape index (κ3) is 1.21. The van der Waals surface area contributed by atoms with E-state index in [9.17, 15) is 4.39 Å². The highest BCUT2D eigenvalue weighted by Gasteiger charge is 1.97. The van der Waals surface area contributed by atoms with Crippen molar-refractivity contribution in [1.82, 2.24) is 10.2 Å². The van der Waals surface area contributed by atoms with Gasteiger partial charge in [-0.1, -0.05) is 0 Å². The molecule has 0 unspecified atom stereocenters. The van der Waals surface area contributed by atoms with Crippen LogP contribution in [-0.4, -0.2) is 10.2 Å². The maximum atomic E-state index is 11.9. The summed E-state index contributed by atoms with van der Waals surface area (Å²) in [6.45, 7) is 1.18. The van der Waals surface area contributed by atoms with Crippen LogP contribution in [0.2, 0.25) is 0 Å². The average molecular weight is 141 g/mol. The van der Waals surface area contributed by atoms with E-state index in [2.05, 4.69) is 10.2 Å². The zero-order chi connectivity index (χ0) is 7.56. The molecule has 1 heterocycles. The van der Waals surface area contributed by atoms with Crippen LogP contribution < -0.4 is 5.73 Å². The lowest BCUT2D eigenvalue weighted by molar-refractivity contribution is 0.472. The van der Waals surface area contributed by atoms with Crippen molar-refractivity contribution < 1.29 is 4.39 Å². The van der Waals surface area contributed by atoms with Crippen LogP contribution in [0.5, 0.6) is 0 Å². The van der Waals surface area contributed by atoms with Gasteiger partial charge in [0, 0.05) is 0 Å². The summed E-state index contributed by atoms with van der Waals surface area (Å²) in [5.74, 6) is 0.359. The van der Waals surface area contributed by atoms with Crippen LogP contribution in [0.15, 0.2) is 6.07 Å². The lowest BCUT2D eigenvalue weighted by atomic mass is 10.3. The minimum Gasteiger partial charge on any atom is -0.382 e. The third-order valence-electron chi connectivity index (χ3n) is 1.21. The minimum absolute atomic E-state index is 0.326. The van der Waals surface area contributed by atoms with Gasteiger partial charge < -0.3 is 5.73 Å². The van der Waals surface area contributed by atoms with Gasteiger partial charge in [0.15, 0.2) is 0 Å². The number of aryl methyl sites for hydroxylation is 1. The molecule has 0 aromatic carbocycles. The van der Waals surface area contributed by atoms with E-state index in [0.717, 1.165) is 5.56 Å². The molecule has 0 saturated heterocycles. The van der Waals surface area contributed by atoms with Crippen LogP contribution in [0.4, 0.5) is 10.2 Å². The molecule has 0 spiro atoms. The van der Waals surface area contributed by atoms with E-state index in [1.165, 1.54) is 0 Å². The van der Waals surface area contributed by atoms with Crippen LogP contribution in [0.3, 0.4) is 0 Å². The average Bonchev–Trinajstić information content (AvgIpc) is 1.95. The molecular weight excluding hydrogens is 133 g/mol. The molecule has 1 rings (SSSR count). The number of halogens is 1. The first-order chi connectivity index (χ1) is 4.74. The first kappa shape index (κ1) is 6.92. The van der Waals surface area contributed by atoms with Crippen LogP contribution in [0.1, 0.15) is 11.3 Å². The van der Waals surface area contributed by atoms with Gasteiger partial charge >= 0.3 is 0 Å². The summed E-state index contributed by atoms with van der Waals surface area (Å²) < 4.78 is 11.9. The topological polar surface area (TPSA) is 51.8 Å². The number of nitrogens with zero attached hydrogens (tertiary/aromatic N) is 2. The van der Waals surface area contributed by atoms with Crippen molar-refractivity contribution in [3.05, 3.63) is 17.3 Å². The Kier molecular flexibility index (Phi) is 1.80. The zero-order valence-corrected chi connectivity index (χ0v) is 5.63. The predicted molar refractivity (Wildman–Crippen MR) is 36.0 cm³/mol. The summed E-state index contributed by atoms with van der Waals surface area (Å²) >= 11 is 0. The summed E-state index contributed by atoms with van der Waals surface area (Å²) in [5.41, 5.74) is 6.44. The molecule has 0 aliphatic rings. The molecule has 0 atom stereocenters. The van der Waals surface area contributed by atoms with Gasteiger partial charge in [0.05, 0.1) is 5.69 Å². The number of rotatable bonds is 1. The number of alkyl halides is 1. The van der Waals surface area contributed by atoms with E-state index in [4.69, 9.17) is 5.73 Å². The number of aromatic nitrogens is 2.